The molecule has 0 aliphatic carbocycles. The van der Waals surface area contributed by atoms with Crippen LogP contribution in [0.1, 0.15) is 19.8 Å². The molecule has 0 aromatic heterocycles. The maximum atomic E-state index is 11.8. The van der Waals surface area contributed by atoms with Gasteiger partial charge in [-0.3, -0.25) is 4.79 Å². The predicted octanol–water partition coefficient (Wildman–Crippen LogP) is -0.424. The normalized spacial score (nSPS) is 19.6. The lowest BCUT2D eigenvalue weighted by atomic mass is 9.92. The highest BCUT2D eigenvalue weighted by Gasteiger charge is 2.43. The van der Waals surface area contributed by atoms with E-state index in [-0.39, 0.29) is 38.4 Å². The average molecular weight is 281 g/mol. The highest BCUT2D eigenvalue weighted by atomic mass is 32.2. The molecule has 8 heteroatoms. The molecule has 0 radical (unpaired) electrons. The zero-order valence-electron chi connectivity index (χ0n) is 10.3. The molecule has 0 unspecified atom stereocenters. The fourth-order valence-electron chi connectivity index (χ4n) is 1.74. The second-order valence-electron chi connectivity index (χ2n) is 4.12. The van der Waals surface area contributed by atoms with Crippen molar-refractivity contribution in [2.45, 2.75) is 25.3 Å². The molecular weight excluding hydrogens is 262 g/mol. The zero-order valence-corrected chi connectivity index (χ0v) is 11.2. The lowest BCUT2D eigenvalue weighted by Gasteiger charge is -2.33. The van der Waals surface area contributed by atoms with Crippen LogP contribution in [0.3, 0.4) is 0 Å². The van der Waals surface area contributed by atoms with Crippen LogP contribution in [0.5, 0.6) is 0 Å². The maximum absolute atomic E-state index is 11.8. The average Bonchev–Trinajstić information content (AvgIpc) is 2.29. The molecule has 0 saturated carbocycles. The standard InChI is InChI=1S/C10H19NO6S/c1-2-16-7-8-18(14,15)11-10(9(12)13)3-5-17-6-4-10/h11H,2-8H2,1H3,(H,12,13). The number of carbonyl (C=O) groups is 1. The summed E-state index contributed by atoms with van der Waals surface area (Å²) in [6, 6.07) is 0. The maximum Gasteiger partial charge on any atom is 0.325 e. The van der Waals surface area contributed by atoms with Gasteiger partial charge in [0, 0.05) is 32.7 Å². The van der Waals surface area contributed by atoms with Crippen molar-refractivity contribution in [2.75, 3.05) is 32.2 Å². The number of nitrogens with one attached hydrogen (secondary N) is 1. The fourth-order valence-corrected chi connectivity index (χ4v) is 3.07. The lowest BCUT2D eigenvalue weighted by Crippen LogP contribution is -2.58. The Labute approximate surface area is 107 Å². The fraction of sp³-hybridized carbons (Fsp3) is 0.900. The minimum atomic E-state index is -3.67. The van der Waals surface area contributed by atoms with Gasteiger partial charge in [-0.15, -0.1) is 0 Å². The molecule has 18 heavy (non-hydrogen) atoms. The lowest BCUT2D eigenvalue weighted by molar-refractivity contribution is -0.147. The molecule has 106 valence electrons. The molecule has 0 atom stereocenters. The monoisotopic (exact) mass is 281 g/mol. The molecule has 1 aliphatic heterocycles. The van der Waals surface area contributed by atoms with Crippen molar-refractivity contribution >= 4 is 16.0 Å². The Morgan fingerprint density at radius 1 is 1.44 bits per heavy atom. The van der Waals surface area contributed by atoms with Crippen molar-refractivity contribution in [1.82, 2.24) is 4.72 Å². The van der Waals surface area contributed by atoms with Crippen LogP contribution in [0.15, 0.2) is 0 Å². The summed E-state index contributed by atoms with van der Waals surface area (Å²) in [4.78, 5) is 11.3. The summed E-state index contributed by atoms with van der Waals surface area (Å²) >= 11 is 0. The Hall–Kier alpha value is -0.700. The number of hydrogen-bond acceptors (Lipinski definition) is 5. The predicted molar refractivity (Wildman–Crippen MR) is 63.8 cm³/mol. The molecule has 1 saturated heterocycles. The van der Waals surface area contributed by atoms with Gasteiger partial charge in [-0.1, -0.05) is 0 Å². The second-order valence-corrected chi connectivity index (χ2v) is 5.96. The summed E-state index contributed by atoms with van der Waals surface area (Å²) in [5.74, 6) is -1.40. The van der Waals surface area contributed by atoms with Crippen LogP contribution < -0.4 is 4.72 Å². The highest BCUT2D eigenvalue weighted by Crippen LogP contribution is 2.22. The van der Waals surface area contributed by atoms with Gasteiger partial charge in [0.2, 0.25) is 10.0 Å². The van der Waals surface area contributed by atoms with Crippen LogP contribution in [0, 0.1) is 0 Å². The van der Waals surface area contributed by atoms with Crippen LogP contribution in [-0.4, -0.2) is 57.2 Å². The van der Waals surface area contributed by atoms with Crippen molar-refractivity contribution < 1.29 is 27.8 Å². The quantitative estimate of drug-likeness (QED) is 0.614. The first-order chi connectivity index (χ1) is 8.42. The minimum Gasteiger partial charge on any atom is -0.480 e. The van der Waals surface area contributed by atoms with Crippen LogP contribution >= 0.6 is 0 Å². The van der Waals surface area contributed by atoms with Crippen molar-refractivity contribution in [3.63, 3.8) is 0 Å². The van der Waals surface area contributed by atoms with Gasteiger partial charge in [-0.2, -0.15) is 4.72 Å². The Bertz CT molecular complexity index is 374. The van der Waals surface area contributed by atoms with E-state index < -0.39 is 21.5 Å². The van der Waals surface area contributed by atoms with Crippen LogP contribution in [0.25, 0.3) is 0 Å². The van der Waals surface area contributed by atoms with E-state index in [1.165, 1.54) is 0 Å². The van der Waals surface area contributed by atoms with Crippen molar-refractivity contribution in [3.05, 3.63) is 0 Å². The van der Waals surface area contributed by atoms with E-state index in [2.05, 4.69) is 4.72 Å². The summed E-state index contributed by atoms with van der Waals surface area (Å²) < 4.78 is 35.9. The van der Waals surface area contributed by atoms with Gasteiger partial charge < -0.3 is 14.6 Å². The van der Waals surface area contributed by atoms with Gasteiger partial charge in [-0.05, 0) is 6.92 Å². The number of ether oxygens (including phenoxy) is 2. The van der Waals surface area contributed by atoms with Gasteiger partial charge in [0.25, 0.3) is 0 Å². The third-order valence-corrected chi connectivity index (χ3v) is 4.21. The SMILES string of the molecule is CCOCCS(=O)(=O)NC1(C(=O)O)CCOCC1. The van der Waals surface area contributed by atoms with E-state index in [4.69, 9.17) is 9.47 Å². The van der Waals surface area contributed by atoms with Gasteiger partial charge >= 0.3 is 5.97 Å². The topological polar surface area (TPSA) is 102 Å². The minimum absolute atomic E-state index is 0.0536. The first kappa shape index (κ1) is 15.4. The second kappa shape index (κ2) is 6.46. The molecule has 0 amide bonds. The smallest absolute Gasteiger partial charge is 0.325 e. The number of sulfonamides is 1. The number of carboxylic acid groups (broad SMARTS) is 1. The summed E-state index contributed by atoms with van der Waals surface area (Å²) in [5.41, 5.74) is -1.44. The Kier molecular flexibility index (Phi) is 5.51. The van der Waals surface area contributed by atoms with Crippen LogP contribution in [-0.2, 0) is 24.3 Å². The van der Waals surface area contributed by atoms with Gasteiger partial charge in [0.05, 0.1) is 12.4 Å². The van der Waals surface area contributed by atoms with E-state index in [0.29, 0.717) is 6.61 Å². The van der Waals surface area contributed by atoms with Gasteiger partial charge in [0.1, 0.15) is 5.54 Å². The first-order valence-corrected chi connectivity index (χ1v) is 7.48. The molecule has 0 spiro atoms. The van der Waals surface area contributed by atoms with E-state index in [1.807, 2.05) is 0 Å². The molecule has 0 bridgehead atoms. The van der Waals surface area contributed by atoms with E-state index in [9.17, 15) is 18.3 Å². The van der Waals surface area contributed by atoms with Crippen molar-refractivity contribution in [1.29, 1.82) is 0 Å². The van der Waals surface area contributed by atoms with Crippen LogP contribution in [0.2, 0.25) is 0 Å². The molecule has 1 aliphatic rings. The first-order valence-electron chi connectivity index (χ1n) is 5.82. The summed E-state index contributed by atoms with van der Waals surface area (Å²) in [6.07, 6.45) is 0.270. The number of carboxylic acids is 1. The van der Waals surface area contributed by atoms with Crippen molar-refractivity contribution in [3.8, 4) is 0 Å². The van der Waals surface area contributed by atoms with E-state index >= 15 is 0 Å². The Balaban J connectivity index is 2.68. The van der Waals surface area contributed by atoms with Crippen LogP contribution in [0.4, 0.5) is 0 Å². The van der Waals surface area contributed by atoms with E-state index in [0.717, 1.165) is 0 Å². The summed E-state index contributed by atoms with van der Waals surface area (Å²) in [6.45, 7) is 2.71. The molecule has 2 N–H and O–H groups in total. The number of hydrogen-bond donors (Lipinski definition) is 2. The van der Waals surface area contributed by atoms with Gasteiger partial charge in [-0.25, -0.2) is 8.42 Å². The number of aliphatic carboxylic acids is 1. The molecule has 0 aromatic rings. The summed E-state index contributed by atoms with van der Waals surface area (Å²) in [7, 11) is -3.67. The highest BCUT2D eigenvalue weighted by molar-refractivity contribution is 7.89. The molecule has 0 aromatic carbocycles. The molecule has 1 rings (SSSR count). The molecular formula is C10H19NO6S. The summed E-state index contributed by atoms with van der Waals surface area (Å²) in [5, 5.41) is 9.21. The molecule has 1 fully saturated rings. The third-order valence-electron chi connectivity index (χ3n) is 2.81. The Morgan fingerprint density at radius 3 is 2.56 bits per heavy atom. The molecule has 7 nitrogen and oxygen atoms in total. The zero-order chi connectivity index (χ0) is 13.6. The Morgan fingerprint density at radius 2 is 2.06 bits per heavy atom. The van der Waals surface area contributed by atoms with Gasteiger partial charge in [0.15, 0.2) is 0 Å². The molecule has 1 heterocycles. The number of rotatable bonds is 7. The third kappa shape index (κ3) is 4.20. The van der Waals surface area contributed by atoms with Crippen molar-refractivity contribution in [2.24, 2.45) is 0 Å². The van der Waals surface area contributed by atoms with E-state index in [1.54, 1.807) is 6.92 Å². The largest absolute Gasteiger partial charge is 0.480 e.